The minimum absolute atomic E-state index is 0.289. The largest absolute Gasteiger partial charge is 0.483 e. The Morgan fingerprint density at radius 3 is 2.79 bits per heavy atom. The first kappa shape index (κ1) is 8.36. The van der Waals surface area contributed by atoms with E-state index < -0.39 is 0 Å². The SMILES string of the molecule is CC1=C(C2CC3NCC3N2)C=[N+]=C1F. The highest BCUT2D eigenvalue weighted by Crippen LogP contribution is 2.25. The fourth-order valence-corrected chi connectivity index (χ4v) is 2.41. The average molecular weight is 194 g/mol. The molecule has 2 fully saturated rings. The molecule has 3 aliphatic heterocycles. The van der Waals surface area contributed by atoms with Crippen LogP contribution in [0.2, 0.25) is 0 Å². The maximum atomic E-state index is 13.0. The highest BCUT2D eigenvalue weighted by Gasteiger charge is 2.43. The van der Waals surface area contributed by atoms with Crippen molar-refractivity contribution in [3.05, 3.63) is 11.1 Å². The van der Waals surface area contributed by atoms with E-state index in [2.05, 4.69) is 15.3 Å². The quantitative estimate of drug-likeness (QED) is 0.554. The minimum atomic E-state index is -0.325. The van der Waals surface area contributed by atoms with Crippen LogP contribution in [0.3, 0.4) is 0 Å². The van der Waals surface area contributed by atoms with E-state index in [-0.39, 0.29) is 12.0 Å². The van der Waals surface area contributed by atoms with E-state index in [4.69, 9.17) is 0 Å². The monoisotopic (exact) mass is 194 g/mol. The van der Waals surface area contributed by atoms with Crippen molar-refractivity contribution in [2.24, 2.45) is 0 Å². The zero-order chi connectivity index (χ0) is 9.71. The second-order valence-electron chi connectivity index (χ2n) is 4.21. The van der Waals surface area contributed by atoms with Crippen molar-refractivity contribution in [2.45, 2.75) is 31.5 Å². The average Bonchev–Trinajstić information content (AvgIpc) is 2.59. The standard InChI is InChI=1S/C10H13FN3/c1-5-6(3-13-10(5)11)7-2-8-9(14-7)4-12-8/h3,7-9,12,14H,2,4H2,1H3/q+1. The van der Waals surface area contributed by atoms with E-state index in [0.717, 1.165) is 18.5 Å². The Morgan fingerprint density at radius 1 is 1.50 bits per heavy atom. The molecule has 3 unspecified atom stereocenters. The Labute approximate surface area is 81.8 Å². The molecule has 0 radical (unpaired) electrons. The van der Waals surface area contributed by atoms with Gasteiger partial charge in [-0.3, -0.25) is 0 Å². The van der Waals surface area contributed by atoms with Gasteiger partial charge in [0.1, 0.15) is 0 Å². The number of hydrogen-bond donors (Lipinski definition) is 2. The lowest BCUT2D eigenvalue weighted by Gasteiger charge is -2.31. The van der Waals surface area contributed by atoms with Crippen molar-refractivity contribution < 1.29 is 4.39 Å². The molecule has 0 aromatic heterocycles. The second-order valence-corrected chi connectivity index (χ2v) is 4.21. The summed E-state index contributed by atoms with van der Waals surface area (Å²) in [6.07, 6.45) is 2.71. The van der Waals surface area contributed by atoms with E-state index in [0.29, 0.717) is 17.7 Å². The third-order valence-electron chi connectivity index (χ3n) is 3.43. The van der Waals surface area contributed by atoms with Crippen LogP contribution in [0, 0.1) is 0 Å². The van der Waals surface area contributed by atoms with Crippen molar-refractivity contribution in [3.63, 3.8) is 0 Å². The number of nitrogens with one attached hydrogen (secondary N) is 2. The molecule has 0 aromatic rings. The Bertz CT molecular complexity index is 367. The maximum absolute atomic E-state index is 13.0. The van der Waals surface area contributed by atoms with Gasteiger partial charge in [0, 0.05) is 24.7 Å². The van der Waals surface area contributed by atoms with Crippen LogP contribution in [0.5, 0.6) is 0 Å². The summed E-state index contributed by atoms with van der Waals surface area (Å²) in [6, 6.07) is 1.45. The number of fused-ring (bicyclic) bond motifs is 1. The summed E-state index contributed by atoms with van der Waals surface area (Å²) in [5, 5.41) is 6.85. The molecule has 4 heteroatoms. The summed E-state index contributed by atoms with van der Waals surface area (Å²) >= 11 is 0. The molecule has 3 heterocycles. The summed E-state index contributed by atoms with van der Waals surface area (Å²) in [5.41, 5.74) is 1.72. The summed E-state index contributed by atoms with van der Waals surface area (Å²) < 4.78 is 16.8. The van der Waals surface area contributed by atoms with E-state index >= 15 is 0 Å². The first-order valence-electron chi connectivity index (χ1n) is 5.03. The van der Waals surface area contributed by atoms with Gasteiger partial charge < -0.3 is 10.6 Å². The molecule has 3 rings (SSSR count). The summed E-state index contributed by atoms with van der Waals surface area (Å²) in [7, 11) is 0. The molecule has 0 aromatic carbocycles. The molecule has 0 aliphatic carbocycles. The van der Waals surface area contributed by atoms with Crippen LogP contribution in [0.4, 0.5) is 4.39 Å². The van der Waals surface area contributed by atoms with Gasteiger partial charge in [0.15, 0.2) is 0 Å². The number of allylic oxidation sites excluding steroid dienone is 1. The van der Waals surface area contributed by atoms with Gasteiger partial charge in [-0.2, -0.15) is 0 Å². The smallest absolute Gasteiger partial charge is 0.311 e. The molecule has 3 atom stereocenters. The predicted octanol–water partition coefficient (Wildman–Crippen LogP) is -0.475. The number of halogens is 1. The van der Waals surface area contributed by atoms with Gasteiger partial charge >= 0.3 is 12.2 Å². The maximum Gasteiger partial charge on any atom is 0.483 e. The van der Waals surface area contributed by atoms with Crippen LogP contribution >= 0.6 is 0 Å². The number of hydrogen-bond acceptors (Lipinski definition) is 2. The topological polar surface area (TPSA) is 38.2 Å². The van der Waals surface area contributed by atoms with Crippen LogP contribution in [0.15, 0.2) is 11.1 Å². The van der Waals surface area contributed by atoms with Gasteiger partial charge in [-0.15, -0.1) is 4.39 Å². The zero-order valence-electron chi connectivity index (χ0n) is 8.05. The Hall–Kier alpha value is -0.960. The van der Waals surface area contributed by atoms with E-state index in [1.165, 1.54) is 0 Å². The molecule has 2 saturated heterocycles. The first-order valence-corrected chi connectivity index (χ1v) is 5.03. The Kier molecular flexibility index (Phi) is 1.65. The van der Waals surface area contributed by atoms with Crippen molar-refractivity contribution >= 4 is 12.2 Å². The highest BCUT2D eigenvalue weighted by atomic mass is 19.1. The van der Waals surface area contributed by atoms with Gasteiger partial charge in [-0.05, 0) is 13.3 Å². The van der Waals surface area contributed by atoms with Crippen LogP contribution in [0.25, 0.3) is 0 Å². The van der Waals surface area contributed by atoms with E-state index in [1.807, 2.05) is 0 Å². The fourth-order valence-electron chi connectivity index (χ4n) is 2.41. The van der Waals surface area contributed by atoms with Crippen LogP contribution < -0.4 is 15.3 Å². The van der Waals surface area contributed by atoms with Crippen molar-refractivity contribution in [1.29, 1.82) is 0 Å². The molecular formula is C10H13FN3+. The van der Waals surface area contributed by atoms with Gasteiger partial charge in [0.25, 0.3) is 0 Å². The van der Waals surface area contributed by atoms with Crippen LogP contribution in [-0.4, -0.2) is 36.9 Å². The zero-order valence-corrected chi connectivity index (χ0v) is 8.05. The molecule has 3 aliphatic rings. The lowest BCUT2D eigenvalue weighted by molar-refractivity contribution is 0.328. The van der Waals surface area contributed by atoms with Crippen molar-refractivity contribution in [3.8, 4) is 0 Å². The molecule has 14 heavy (non-hydrogen) atoms. The van der Waals surface area contributed by atoms with Gasteiger partial charge in [0.2, 0.25) is 0 Å². The van der Waals surface area contributed by atoms with Gasteiger partial charge in [0.05, 0.1) is 11.1 Å². The van der Waals surface area contributed by atoms with Crippen molar-refractivity contribution in [2.75, 3.05) is 6.54 Å². The molecule has 0 bridgehead atoms. The van der Waals surface area contributed by atoms with E-state index in [9.17, 15) is 4.39 Å². The lowest BCUT2D eigenvalue weighted by Crippen LogP contribution is -2.58. The summed E-state index contributed by atoms with van der Waals surface area (Å²) in [5.74, 6) is -0.325. The minimum Gasteiger partial charge on any atom is -0.311 e. The normalized spacial score (nSPS) is 39.9. The molecule has 0 saturated carbocycles. The Morgan fingerprint density at radius 2 is 2.36 bits per heavy atom. The lowest BCUT2D eigenvalue weighted by atomic mass is 9.97. The van der Waals surface area contributed by atoms with Gasteiger partial charge in [-0.25, -0.2) is 0 Å². The molecule has 2 N–H and O–H groups in total. The van der Waals surface area contributed by atoms with Crippen molar-refractivity contribution in [1.82, 2.24) is 15.3 Å². The molecule has 3 nitrogen and oxygen atoms in total. The fraction of sp³-hybridized carbons (Fsp3) is 0.600. The molecule has 74 valence electrons. The van der Waals surface area contributed by atoms with Gasteiger partial charge in [-0.1, -0.05) is 4.67 Å². The highest BCUT2D eigenvalue weighted by molar-refractivity contribution is 6.05. The summed E-state index contributed by atoms with van der Waals surface area (Å²) in [6.45, 7) is 2.84. The number of nitrogens with zero attached hydrogens (tertiary/aromatic N) is 1. The second kappa shape index (κ2) is 2.76. The predicted molar refractivity (Wildman–Crippen MR) is 54.1 cm³/mol. The molecular weight excluding hydrogens is 181 g/mol. The summed E-state index contributed by atoms with van der Waals surface area (Å²) in [4.78, 5) is 0. The van der Waals surface area contributed by atoms with Crippen LogP contribution in [0.1, 0.15) is 13.3 Å². The third-order valence-corrected chi connectivity index (χ3v) is 3.43. The number of rotatable bonds is 1. The van der Waals surface area contributed by atoms with Crippen LogP contribution in [-0.2, 0) is 0 Å². The third kappa shape index (κ3) is 1.02. The first-order chi connectivity index (χ1) is 6.75. The Balaban J connectivity index is 1.82. The molecule has 0 amide bonds. The van der Waals surface area contributed by atoms with E-state index in [1.54, 1.807) is 13.1 Å². The molecule has 0 spiro atoms.